The van der Waals surface area contributed by atoms with Gasteiger partial charge in [-0.1, -0.05) is 17.7 Å². The molecule has 0 saturated heterocycles. The van der Waals surface area contributed by atoms with Crippen LogP contribution in [0.2, 0.25) is 0 Å². The lowest BCUT2D eigenvalue weighted by Crippen LogP contribution is -2.41. The summed E-state index contributed by atoms with van der Waals surface area (Å²) in [5.74, 6) is 0. The van der Waals surface area contributed by atoms with Crippen LogP contribution in [-0.2, 0) is 6.54 Å². The number of nitrogens with zero attached hydrogens (tertiary/aromatic N) is 2. The van der Waals surface area contributed by atoms with Crippen molar-refractivity contribution in [1.82, 2.24) is 15.2 Å². The van der Waals surface area contributed by atoms with E-state index in [1.165, 1.54) is 31.3 Å². The quantitative estimate of drug-likeness (QED) is 0.815. The van der Waals surface area contributed by atoms with Gasteiger partial charge >= 0.3 is 6.03 Å². The highest BCUT2D eigenvalue weighted by molar-refractivity contribution is 5.74. The largest absolute Gasteiger partial charge is 0.338 e. The minimum absolute atomic E-state index is 0.0720. The maximum Gasteiger partial charge on any atom is 0.317 e. The Labute approximate surface area is 132 Å². The van der Waals surface area contributed by atoms with Crippen LogP contribution in [-0.4, -0.2) is 28.5 Å². The van der Waals surface area contributed by atoms with Crippen LogP contribution >= 0.6 is 0 Å². The average Bonchev–Trinajstić information content (AvgIpc) is 3.39. The molecular formula is C18H25N3O. The number of aromatic nitrogens is 1. The molecule has 0 spiro atoms. The number of carbonyl (C=O) groups is 1. The van der Waals surface area contributed by atoms with Crippen molar-refractivity contribution in [3.8, 4) is 0 Å². The molecular weight excluding hydrogens is 274 g/mol. The van der Waals surface area contributed by atoms with E-state index in [9.17, 15) is 4.79 Å². The number of allylic oxidation sites excluding steroid dienone is 1. The van der Waals surface area contributed by atoms with Gasteiger partial charge in [0.15, 0.2) is 0 Å². The third-order valence-electron chi connectivity index (χ3n) is 4.43. The van der Waals surface area contributed by atoms with Crippen molar-refractivity contribution in [3.05, 3.63) is 41.7 Å². The first kappa shape index (κ1) is 15.1. The fourth-order valence-electron chi connectivity index (χ4n) is 3.00. The molecule has 118 valence electrons. The highest BCUT2D eigenvalue weighted by Crippen LogP contribution is 2.28. The van der Waals surface area contributed by atoms with Gasteiger partial charge < -0.3 is 10.2 Å². The Hall–Kier alpha value is -1.84. The monoisotopic (exact) mass is 299 g/mol. The number of rotatable bonds is 6. The molecule has 4 heteroatoms. The Morgan fingerprint density at radius 3 is 2.95 bits per heavy atom. The van der Waals surface area contributed by atoms with Gasteiger partial charge in [0.05, 0.1) is 0 Å². The molecule has 22 heavy (non-hydrogen) atoms. The molecule has 0 bridgehead atoms. The number of hydrogen-bond donors (Lipinski definition) is 1. The Bertz CT molecular complexity index is 522. The van der Waals surface area contributed by atoms with E-state index in [4.69, 9.17) is 0 Å². The van der Waals surface area contributed by atoms with Gasteiger partial charge in [0.2, 0.25) is 0 Å². The van der Waals surface area contributed by atoms with Crippen molar-refractivity contribution in [2.24, 2.45) is 0 Å². The van der Waals surface area contributed by atoms with Crippen LogP contribution in [0.5, 0.6) is 0 Å². The molecule has 2 aliphatic rings. The lowest BCUT2D eigenvalue weighted by Gasteiger charge is -2.23. The Morgan fingerprint density at radius 2 is 2.27 bits per heavy atom. The zero-order valence-corrected chi connectivity index (χ0v) is 13.1. The normalized spacial score (nSPS) is 17.7. The number of urea groups is 1. The minimum Gasteiger partial charge on any atom is -0.338 e. The molecule has 0 aliphatic heterocycles. The molecule has 1 N–H and O–H groups in total. The van der Waals surface area contributed by atoms with Crippen LogP contribution in [0, 0.1) is 0 Å². The van der Waals surface area contributed by atoms with Gasteiger partial charge in [0.25, 0.3) is 0 Å². The molecule has 2 amide bonds. The molecule has 1 aromatic rings. The maximum absolute atomic E-state index is 12.4. The molecule has 4 nitrogen and oxygen atoms in total. The van der Waals surface area contributed by atoms with Crippen molar-refractivity contribution < 1.29 is 4.79 Å². The summed E-state index contributed by atoms with van der Waals surface area (Å²) in [6.07, 6.45) is 14.2. The van der Waals surface area contributed by atoms with Crippen LogP contribution in [0.3, 0.4) is 0 Å². The fourth-order valence-corrected chi connectivity index (χ4v) is 3.00. The summed E-state index contributed by atoms with van der Waals surface area (Å²) in [6, 6.07) is 4.44. The second-order valence-corrected chi connectivity index (χ2v) is 6.31. The van der Waals surface area contributed by atoms with Crippen LogP contribution in [0.15, 0.2) is 36.2 Å². The molecule has 1 heterocycles. The smallest absolute Gasteiger partial charge is 0.317 e. The molecule has 1 saturated carbocycles. The zero-order valence-electron chi connectivity index (χ0n) is 13.1. The summed E-state index contributed by atoms with van der Waals surface area (Å²) < 4.78 is 0. The van der Waals surface area contributed by atoms with Crippen LogP contribution < -0.4 is 5.32 Å². The number of carbonyl (C=O) groups excluding carboxylic acids is 1. The Kier molecular flexibility index (Phi) is 5.09. The molecule has 1 aromatic heterocycles. The van der Waals surface area contributed by atoms with Crippen molar-refractivity contribution in [2.75, 3.05) is 6.54 Å². The van der Waals surface area contributed by atoms with Gasteiger partial charge in [-0.2, -0.15) is 0 Å². The molecule has 0 unspecified atom stereocenters. The number of amides is 2. The van der Waals surface area contributed by atoms with E-state index in [1.54, 1.807) is 6.20 Å². The van der Waals surface area contributed by atoms with Gasteiger partial charge in [-0.05, 0) is 56.6 Å². The van der Waals surface area contributed by atoms with E-state index < -0.39 is 0 Å². The first-order valence-electron chi connectivity index (χ1n) is 8.44. The summed E-state index contributed by atoms with van der Waals surface area (Å²) >= 11 is 0. The zero-order chi connectivity index (χ0) is 15.2. The van der Waals surface area contributed by atoms with E-state index in [0.717, 1.165) is 31.4 Å². The summed E-state index contributed by atoms with van der Waals surface area (Å²) in [5, 5.41) is 3.10. The maximum atomic E-state index is 12.4. The molecule has 0 radical (unpaired) electrons. The SMILES string of the molecule is O=C(NCCC1=CCCCC1)N(Cc1cccnc1)C1CC1. The topological polar surface area (TPSA) is 45.2 Å². The highest BCUT2D eigenvalue weighted by Gasteiger charge is 2.32. The second-order valence-electron chi connectivity index (χ2n) is 6.31. The second kappa shape index (κ2) is 7.43. The number of nitrogens with one attached hydrogen (secondary N) is 1. The minimum atomic E-state index is 0.0720. The van der Waals surface area contributed by atoms with Crippen molar-refractivity contribution >= 4 is 6.03 Å². The van der Waals surface area contributed by atoms with E-state index in [-0.39, 0.29) is 6.03 Å². The predicted octanol–water partition coefficient (Wildman–Crippen LogP) is 3.65. The summed E-state index contributed by atoms with van der Waals surface area (Å²) in [7, 11) is 0. The third kappa shape index (κ3) is 4.33. The number of pyridine rings is 1. The fraction of sp³-hybridized carbons (Fsp3) is 0.556. The van der Waals surface area contributed by atoms with Gasteiger partial charge in [-0.15, -0.1) is 0 Å². The van der Waals surface area contributed by atoms with Gasteiger partial charge in [-0.3, -0.25) is 4.98 Å². The van der Waals surface area contributed by atoms with E-state index >= 15 is 0 Å². The van der Waals surface area contributed by atoms with E-state index in [2.05, 4.69) is 16.4 Å². The first-order chi connectivity index (χ1) is 10.8. The third-order valence-corrected chi connectivity index (χ3v) is 4.43. The van der Waals surface area contributed by atoms with Crippen molar-refractivity contribution in [1.29, 1.82) is 0 Å². The Morgan fingerprint density at radius 1 is 1.36 bits per heavy atom. The summed E-state index contributed by atoms with van der Waals surface area (Å²) in [6.45, 7) is 1.41. The molecule has 3 rings (SSSR count). The average molecular weight is 299 g/mol. The van der Waals surface area contributed by atoms with Crippen LogP contribution in [0.4, 0.5) is 4.79 Å². The van der Waals surface area contributed by atoms with Crippen LogP contribution in [0.1, 0.15) is 50.5 Å². The summed E-state index contributed by atoms with van der Waals surface area (Å²) in [5.41, 5.74) is 2.61. The van der Waals surface area contributed by atoms with Crippen LogP contribution in [0.25, 0.3) is 0 Å². The summed E-state index contributed by atoms with van der Waals surface area (Å²) in [4.78, 5) is 18.5. The van der Waals surface area contributed by atoms with Crippen molar-refractivity contribution in [2.45, 2.75) is 57.5 Å². The van der Waals surface area contributed by atoms with Gasteiger partial charge in [-0.25, -0.2) is 4.79 Å². The molecule has 0 aromatic carbocycles. The van der Waals surface area contributed by atoms with E-state index in [0.29, 0.717) is 12.6 Å². The standard InChI is InChI=1S/C18H25N3O/c22-18(20-12-10-15-5-2-1-3-6-15)21(17-8-9-17)14-16-7-4-11-19-13-16/h4-5,7,11,13,17H,1-3,6,8-10,12,14H2,(H,20,22). The van der Waals surface area contributed by atoms with Gasteiger partial charge in [0.1, 0.15) is 0 Å². The lowest BCUT2D eigenvalue weighted by molar-refractivity contribution is 0.192. The molecule has 0 atom stereocenters. The first-order valence-corrected chi connectivity index (χ1v) is 8.44. The van der Waals surface area contributed by atoms with E-state index in [1.807, 2.05) is 23.2 Å². The molecule has 2 aliphatic carbocycles. The predicted molar refractivity (Wildman–Crippen MR) is 87.4 cm³/mol. The number of hydrogen-bond acceptors (Lipinski definition) is 2. The highest BCUT2D eigenvalue weighted by atomic mass is 16.2. The van der Waals surface area contributed by atoms with Crippen molar-refractivity contribution in [3.63, 3.8) is 0 Å². The Balaban J connectivity index is 1.49. The van der Waals surface area contributed by atoms with Gasteiger partial charge in [0, 0.05) is 31.5 Å². The molecule has 1 fully saturated rings. The lowest BCUT2D eigenvalue weighted by atomic mass is 9.97.